The number of carbonyl (C=O) groups excluding carboxylic acids is 1. The Hall–Kier alpha value is -1.35. The number of rotatable bonds is 1. The molecule has 0 aliphatic carbocycles. The summed E-state index contributed by atoms with van der Waals surface area (Å²) in [6, 6.07) is 8.37. The van der Waals surface area contributed by atoms with Crippen LogP contribution in [0, 0.1) is 5.92 Å². The van der Waals surface area contributed by atoms with Crippen molar-refractivity contribution in [1.82, 2.24) is 5.32 Å². The number of hydrogen-bond donors (Lipinski definition) is 1. The quantitative estimate of drug-likeness (QED) is 0.781. The SMILES string of the molecule is CC(C)C1NCC(=O)N(C)c2ccccc21. The van der Waals surface area contributed by atoms with E-state index in [2.05, 4.69) is 25.2 Å². The van der Waals surface area contributed by atoms with Crippen LogP contribution in [0.3, 0.4) is 0 Å². The van der Waals surface area contributed by atoms with Gasteiger partial charge in [0.1, 0.15) is 0 Å². The van der Waals surface area contributed by atoms with E-state index in [4.69, 9.17) is 0 Å². The fourth-order valence-electron chi connectivity index (χ4n) is 2.21. The summed E-state index contributed by atoms with van der Waals surface area (Å²) < 4.78 is 0. The molecule has 0 aromatic heterocycles. The molecule has 2 rings (SSSR count). The number of anilines is 1. The lowest BCUT2D eigenvalue weighted by molar-refractivity contribution is -0.117. The summed E-state index contributed by atoms with van der Waals surface area (Å²) in [6.45, 7) is 4.75. The van der Waals surface area contributed by atoms with E-state index in [0.717, 1.165) is 5.69 Å². The predicted octanol–water partition coefficient (Wildman–Crippen LogP) is 1.95. The lowest BCUT2D eigenvalue weighted by atomic mass is 9.95. The maximum Gasteiger partial charge on any atom is 0.240 e. The summed E-state index contributed by atoms with van der Waals surface area (Å²) in [5.74, 6) is 0.594. The van der Waals surface area contributed by atoms with Gasteiger partial charge in [-0.3, -0.25) is 4.79 Å². The molecule has 1 aliphatic rings. The van der Waals surface area contributed by atoms with Gasteiger partial charge in [0.25, 0.3) is 0 Å². The molecule has 0 saturated heterocycles. The first-order chi connectivity index (χ1) is 7.61. The summed E-state index contributed by atoms with van der Waals surface area (Å²) in [5.41, 5.74) is 2.24. The maximum atomic E-state index is 11.8. The molecule has 0 radical (unpaired) electrons. The highest BCUT2D eigenvalue weighted by Crippen LogP contribution is 2.31. The lowest BCUT2D eigenvalue weighted by Crippen LogP contribution is -2.34. The van der Waals surface area contributed by atoms with Crippen molar-refractivity contribution in [2.75, 3.05) is 18.5 Å². The van der Waals surface area contributed by atoms with Crippen molar-refractivity contribution < 1.29 is 4.79 Å². The first-order valence-corrected chi connectivity index (χ1v) is 5.70. The van der Waals surface area contributed by atoms with Crippen LogP contribution in [-0.4, -0.2) is 19.5 Å². The standard InChI is InChI=1S/C13H18N2O/c1-9(2)13-10-6-4-5-7-11(10)15(3)12(16)8-14-13/h4-7,9,13-14H,8H2,1-3H3. The summed E-state index contributed by atoms with van der Waals surface area (Å²) in [5, 5.41) is 3.33. The van der Waals surface area contributed by atoms with Gasteiger partial charge in [0, 0.05) is 18.8 Å². The lowest BCUT2D eigenvalue weighted by Gasteiger charge is -2.22. The van der Waals surface area contributed by atoms with Crippen LogP contribution in [0.4, 0.5) is 5.69 Å². The number of fused-ring (bicyclic) bond motifs is 1. The van der Waals surface area contributed by atoms with Crippen LogP contribution in [0.2, 0.25) is 0 Å². The molecular formula is C13H18N2O. The summed E-state index contributed by atoms with van der Waals surface area (Å²) in [4.78, 5) is 13.5. The van der Waals surface area contributed by atoms with Gasteiger partial charge in [0.15, 0.2) is 0 Å². The van der Waals surface area contributed by atoms with E-state index in [-0.39, 0.29) is 11.9 Å². The van der Waals surface area contributed by atoms with E-state index < -0.39 is 0 Å². The van der Waals surface area contributed by atoms with Gasteiger partial charge in [0.05, 0.1) is 6.54 Å². The molecule has 1 aromatic carbocycles. The van der Waals surface area contributed by atoms with Gasteiger partial charge in [-0.15, -0.1) is 0 Å². The highest BCUT2D eigenvalue weighted by atomic mass is 16.2. The summed E-state index contributed by atoms with van der Waals surface area (Å²) >= 11 is 0. The molecule has 0 bridgehead atoms. The second-order valence-electron chi connectivity index (χ2n) is 4.61. The number of benzene rings is 1. The molecule has 0 spiro atoms. The normalized spacial score (nSPS) is 20.9. The van der Waals surface area contributed by atoms with Crippen molar-refractivity contribution >= 4 is 11.6 Å². The molecule has 86 valence electrons. The van der Waals surface area contributed by atoms with Crippen molar-refractivity contribution in [2.24, 2.45) is 5.92 Å². The van der Waals surface area contributed by atoms with E-state index in [1.54, 1.807) is 4.90 Å². The van der Waals surface area contributed by atoms with Crippen LogP contribution in [0.1, 0.15) is 25.5 Å². The maximum absolute atomic E-state index is 11.8. The largest absolute Gasteiger partial charge is 0.314 e. The zero-order valence-electron chi connectivity index (χ0n) is 10.0. The molecule has 0 saturated carbocycles. The van der Waals surface area contributed by atoms with Gasteiger partial charge in [-0.05, 0) is 17.5 Å². The van der Waals surface area contributed by atoms with Crippen molar-refractivity contribution in [3.63, 3.8) is 0 Å². The molecule has 1 aliphatic heterocycles. The third-order valence-corrected chi connectivity index (χ3v) is 3.15. The fraction of sp³-hybridized carbons (Fsp3) is 0.462. The zero-order chi connectivity index (χ0) is 11.7. The highest BCUT2D eigenvalue weighted by molar-refractivity contribution is 5.95. The Morgan fingerprint density at radius 3 is 2.75 bits per heavy atom. The molecule has 1 heterocycles. The molecule has 16 heavy (non-hydrogen) atoms. The van der Waals surface area contributed by atoms with Crippen LogP contribution < -0.4 is 10.2 Å². The first kappa shape index (κ1) is 11.1. The van der Waals surface area contributed by atoms with E-state index in [0.29, 0.717) is 12.5 Å². The molecule has 1 unspecified atom stereocenters. The summed E-state index contributed by atoms with van der Waals surface area (Å²) in [7, 11) is 1.84. The Morgan fingerprint density at radius 1 is 1.38 bits per heavy atom. The van der Waals surface area contributed by atoms with Gasteiger partial charge in [-0.2, -0.15) is 0 Å². The Labute approximate surface area is 96.5 Å². The number of nitrogens with one attached hydrogen (secondary N) is 1. The predicted molar refractivity (Wildman–Crippen MR) is 65.4 cm³/mol. The van der Waals surface area contributed by atoms with Crippen LogP contribution in [0.15, 0.2) is 24.3 Å². The summed E-state index contributed by atoms with van der Waals surface area (Å²) in [6.07, 6.45) is 0. The van der Waals surface area contributed by atoms with E-state index in [1.807, 2.05) is 25.2 Å². The van der Waals surface area contributed by atoms with Crippen LogP contribution in [-0.2, 0) is 4.79 Å². The molecule has 1 atom stereocenters. The zero-order valence-corrected chi connectivity index (χ0v) is 10.0. The number of likely N-dealkylation sites (N-methyl/N-ethyl adjacent to an activating group) is 1. The minimum atomic E-state index is 0.121. The molecule has 1 amide bonds. The fourth-order valence-corrected chi connectivity index (χ4v) is 2.21. The Kier molecular flexibility index (Phi) is 2.97. The highest BCUT2D eigenvalue weighted by Gasteiger charge is 2.26. The van der Waals surface area contributed by atoms with Crippen molar-refractivity contribution in [1.29, 1.82) is 0 Å². The minimum absolute atomic E-state index is 0.121. The number of amides is 1. The van der Waals surface area contributed by atoms with Crippen molar-refractivity contribution in [3.8, 4) is 0 Å². The Balaban J connectivity index is 2.50. The van der Waals surface area contributed by atoms with E-state index in [9.17, 15) is 4.79 Å². The van der Waals surface area contributed by atoms with E-state index >= 15 is 0 Å². The molecule has 3 heteroatoms. The number of carbonyl (C=O) groups is 1. The smallest absolute Gasteiger partial charge is 0.240 e. The van der Waals surface area contributed by atoms with Crippen LogP contribution in [0.25, 0.3) is 0 Å². The molecular weight excluding hydrogens is 200 g/mol. The van der Waals surface area contributed by atoms with Crippen molar-refractivity contribution in [2.45, 2.75) is 19.9 Å². The first-order valence-electron chi connectivity index (χ1n) is 5.70. The number of para-hydroxylation sites is 1. The second kappa shape index (κ2) is 4.26. The third kappa shape index (κ3) is 1.83. The Morgan fingerprint density at radius 2 is 2.06 bits per heavy atom. The van der Waals surface area contributed by atoms with Gasteiger partial charge >= 0.3 is 0 Å². The molecule has 1 N–H and O–H groups in total. The van der Waals surface area contributed by atoms with Crippen molar-refractivity contribution in [3.05, 3.63) is 29.8 Å². The minimum Gasteiger partial charge on any atom is -0.314 e. The average Bonchev–Trinajstić information content (AvgIpc) is 2.39. The van der Waals surface area contributed by atoms with E-state index in [1.165, 1.54) is 5.56 Å². The van der Waals surface area contributed by atoms with Gasteiger partial charge < -0.3 is 10.2 Å². The topological polar surface area (TPSA) is 32.3 Å². The van der Waals surface area contributed by atoms with Gasteiger partial charge in [0.2, 0.25) is 5.91 Å². The molecule has 0 fully saturated rings. The number of hydrogen-bond acceptors (Lipinski definition) is 2. The number of nitrogens with zero attached hydrogens (tertiary/aromatic N) is 1. The van der Waals surface area contributed by atoms with Crippen LogP contribution in [0.5, 0.6) is 0 Å². The van der Waals surface area contributed by atoms with Gasteiger partial charge in [-0.25, -0.2) is 0 Å². The third-order valence-electron chi connectivity index (χ3n) is 3.15. The Bertz CT molecular complexity index is 401. The van der Waals surface area contributed by atoms with Crippen LogP contribution >= 0.6 is 0 Å². The molecule has 3 nitrogen and oxygen atoms in total. The monoisotopic (exact) mass is 218 g/mol. The second-order valence-corrected chi connectivity index (χ2v) is 4.61. The molecule has 1 aromatic rings. The van der Waals surface area contributed by atoms with Gasteiger partial charge in [-0.1, -0.05) is 32.0 Å². The average molecular weight is 218 g/mol.